The smallest absolute Gasteiger partial charge is 0.233 e. The van der Waals surface area contributed by atoms with E-state index in [0.717, 1.165) is 20.1 Å². The molecule has 1 aliphatic heterocycles. The van der Waals surface area contributed by atoms with Crippen LogP contribution in [0, 0.1) is 6.92 Å². The number of hydrogen-bond donors (Lipinski definition) is 2. The lowest BCUT2D eigenvalue weighted by atomic mass is 9.91. The van der Waals surface area contributed by atoms with Crippen LogP contribution in [0.4, 0.5) is 0 Å². The highest BCUT2D eigenvalue weighted by Gasteiger charge is 2.37. The summed E-state index contributed by atoms with van der Waals surface area (Å²) in [4.78, 5) is 24.6. The van der Waals surface area contributed by atoms with E-state index in [1.54, 1.807) is 23.2 Å². The van der Waals surface area contributed by atoms with Crippen molar-refractivity contribution in [3.05, 3.63) is 17.3 Å². The number of hydrogen-bond acceptors (Lipinski definition) is 7. The second kappa shape index (κ2) is 6.35. The molecule has 3 rings (SSSR count). The van der Waals surface area contributed by atoms with Gasteiger partial charge in [-0.3, -0.25) is 4.79 Å². The fraction of sp³-hybridized carbons (Fsp3) is 0.533. The number of nitrogens with zero attached hydrogens (tertiary/aromatic N) is 3. The highest BCUT2D eigenvalue weighted by molar-refractivity contribution is 8.00. The molecule has 2 atom stereocenters. The van der Waals surface area contributed by atoms with Crippen LogP contribution < -0.4 is 0 Å². The Morgan fingerprint density at radius 2 is 2.35 bits per heavy atom. The average molecular weight is 353 g/mol. The average Bonchev–Trinajstić information content (AvgIpc) is 2.88. The Labute approximate surface area is 142 Å². The van der Waals surface area contributed by atoms with Gasteiger partial charge in [-0.1, -0.05) is 11.8 Å². The van der Waals surface area contributed by atoms with Crippen LogP contribution in [0.5, 0.6) is 0 Å². The Hall–Kier alpha value is -1.22. The van der Waals surface area contributed by atoms with Crippen LogP contribution in [0.2, 0.25) is 0 Å². The molecule has 2 N–H and O–H groups in total. The molecule has 3 heterocycles. The minimum atomic E-state index is -1.11. The maximum Gasteiger partial charge on any atom is 0.233 e. The second-order valence-corrected chi connectivity index (χ2v) is 8.20. The van der Waals surface area contributed by atoms with Gasteiger partial charge in [-0.25, -0.2) is 9.97 Å². The first-order valence-electron chi connectivity index (χ1n) is 7.39. The van der Waals surface area contributed by atoms with Gasteiger partial charge in [-0.2, -0.15) is 0 Å². The third-order valence-corrected chi connectivity index (χ3v) is 6.05. The third-order valence-electron chi connectivity index (χ3n) is 4.10. The lowest BCUT2D eigenvalue weighted by Crippen LogP contribution is -2.55. The van der Waals surface area contributed by atoms with E-state index in [4.69, 9.17) is 0 Å². The Kier molecular flexibility index (Phi) is 4.59. The molecule has 0 saturated carbocycles. The predicted octanol–water partition coefficient (Wildman–Crippen LogP) is 1.44. The molecule has 0 aromatic carbocycles. The number of β-amino-alcohol motifs (C(OH)–C–C–N with tert-alkyl or cyclic N) is 1. The van der Waals surface area contributed by atoms with Crippen molar-refractivity contribution in [2.45, 2.75) is 37.0 Å². The minimum Gasteiger partial charge on any atom is -0.388 e. The topological polar surface area (TPSA) is 86.6 Å². The molecular formula is C15H19N3O3S2. The standard InChI is InChI=1S/C15H19N3O3S2/c1-9-5-10-13(16-8-17-14(10)23-9)22-7-12(20)18-4-3-15(2,21)11(19)6-18/h5,8,11,19,21H,3-4,6-7H2,1-2H3/t11-,15+/m1/s1. The van der Waals surface area contributed by atoms with E-state index in [1.165, 1.54) is 18.1 Å². The fourth-order valence-electron chi connectivity index (χ4n) is 2.54. The number of carbonyl (C=O) groups excluding carboxylic acids is 1. The number of amides is 1. The number of thiophene rings is 1. The summed E-state index contributed by atoms with van der Waals surface area (Å²) in [5.41, 5.74) is -1.11. The molecule has 6 nitrogen and oxygen atoms in total. The first kappa shape index (κ1) is 16.6. The molecule has 0 unspecified atom stereocenters. The van der Waals surface area contributed by atoms with Crippen molar-refractivity contribution in [2.75, 3.05) is 18.8 Å². The number of aliphatic hydroxyl groups excluding tert-OH is 1. The monoisotopic (exact) mass is 353 g/mol. The van der Waals surface area contributed by atoms with Gasteiger partial charge in [0.2, 0.25) is 5.91 Å². The molecule has 0 aliphatic carbocycles. The number of rotatable bonds is 3. The van der Waals surface area contributed by atoms with Gasteiger partial charge < -0.3 is 15.1 Å². The van der Waals surface area contributed by atoms with Gasteiger partial charge in [0.05, 0.1) is 17.5 Å². The van der Waals surface area contributed by atoms with Crippen LogP contribution >= 0.6 is 23.1 Å². The van der Waals surface area contributed by atoms with Crippen molar-refractivity contribution in [3.63, 3.8) is 0 Å². The maximum absolute atomic E-state index is 12.3. The normalized spacial score (nSPS) is 25.0. The number of fused-ring (bicyclic) bond motifs is 1. The number of piperidine rings is 1. The highest BCUT2D eigenvalue weighted by atomic mass is 32.2. The van der Waals surface area contributed by atoms with Gasteiger partial charge in [0.25, 0.3) is 0 Å². The Bertz CT molecular complexity index is 732. The molecule has 0 bridgehead atoms. The number of carbonyl (C=O) groups is 1. The van der Waals surface area contributed by atoms with Crippen LogP contribution in [0.1, 0.15) is 18.2 Å². The van der Waals surface area contributed by atoms with Crippen molar-refractivity contribution in [1.29, 1.82) is 0 Å². The summed E-state index contributed by atoms with van der Waals surface area (Å²) in [5, 5.41) is 21.7. The van der Waals surface area contributed by atoms with Crippen molar-refractivity contribution in [2.24, 2.45) is 0 Å². The van der Waals surface area contributed by atoms with Crippen LogP contribution in [-0.2, 0) is 4.79 Å². The second-order valence-electron chi connectivity index (χ2n) is 6.01. The van der Waals surface area contributed by atoms with Gasteiger partial charge in [0.1, 0.15) is 16.2 Å². The fourth-order valence-corrected chi connectivity index (χ4v) is 4.33. The number of aromatic nitrogens is 2. The molecule has 2 aromatic heterocycles. The van der Waals surface area contributed by atoms with Crippen LogP contribution in [0.3, 0.4) is 0 Å². The van der Waals surface area contributed by atoms with Crippen LogP contribution in [0.25, 0.3) is 10.2 Å². The first-order valence-corrected chi connectivity index (χ1v) is 9.19. The number of aryl methyl sites for hydroxylation is 1. The molecule has 0 spiro atoms. The summed E-state index contributed by atoms with van der Waals surface area (Å²) in [7, 11) is 0. The van der Waals surface area contributed by atoms with E-state index < -0.39 is 11.7 Å². The summed E-state index contributed by atoms with van der Waals surface area (Å²) < 4.78 is 0. The van der Waals surface area contributed by atoms with Crippen molar-refractivity contribution in [3.8, 4) is 0 Å². The quantitative estimate of drug-likeness (QED) is 0.641. The Morgan fingerprint density at radius 3 is 3.09 bits per heavy atom. The molecule has 0 radical (unpaired) electrons. The number of aliphatic hydroxyl groups is 2. The van der Waals surface area contributed by atoms with Crippen LogP contribution in [0.15, 0.2) is 17.4 Å². The summed E-state index contributed by atoms with van der Waals surface area (Å²) in [6.45, 7) is 4.25. The van der Waals surface area contributed by atoms with Crippen molar-refractivity contribution < 1.29 is 15.0 Å². The van der Waals surface area contributed by atoms with E-state index in [1.807, 2.05) is 13.0 Å². The van der Waals surface area contributed by atoms with Gasteiger partial charge >= 0.3 is 0 Å². The molecule has 1 fully saturated rings. The summed E-state index contributed by atoms with van der Waals surface area (Å²) in [6, 6.07) is 2.04. The van der Waals surface area contributed by atoms with E-state index in [2.05, 4.69) is 9.97 Å². The minimum absolute atomic E-state index is 0.0525. The summed E-state index contributed by atoms with van der Waals surface area (Å²) >= 11 is 2.99. The van der Waals surface area contributed by atoms with Crippen molar-refractivity contribution >= 4 is 39.2 Å². The SMILES string of the molecule is Cc1cc2c(SCC(=O)N3CC[C@](C)(O)[C@H](O)C3)ncnc2s1. The molecule has 2 aromatic rings. The van der Waals surface area contributed by atoms with E-state index in [9.17, 15) is 15.0 Å². The summed E-state index contributed by atoms with van der Waals surface area (Å²) in [5.74, 6) is 0.207. The molecule has 1 aliphatic rings. The lowest BCUT2D eigenvalue weighted by Gasteiger charge is -2.39. The number of thioether (sulfide) groups is 1. The zero-order chi connectivity index (χ0) is 16.6. The highest BCUT2D eigenvalue weighted by Crippen LogP contribution is 2.30. The Balaban J connectivity index is 1.65. The maximum atomic E-state index is 12.3. The predicted molar refractivity (Wildman–Crippen MR) is 90.7 cm³/mol. The number of likely N-dealkylation sites (tertiary alicyclic amines) is 1. The van der Waals surface area contributed by atoms with Gasteiger partial charge in [-0.05, 0) is 26.3 Å². The molecule has 23 heavy (non-hydrogen) atoms. The molecule has 1 amide bonds. The zero-order valence-corrected chi connectivity index (χ0v) is 14.7. The van der Waals surface area contributed by atoms with Crippen LogP contribution in [-0.4, -0.2) is 61.5 Å². The summed E-state index contributed by atoms with van der Waals surface area (Å²) in [6.07, 6.45) is 0.995. The lowest BCUT2D eigenvalue weighted by molar-refractivity contribution is -0.143. The zero-order valence-electron chi connectivity index (χ0n) is 13.0. The molecule has 124 valence electrons. The van der Waals surface area contributed by atoms with Gasteiger partial charge in [0, 0.05) is 23.4 Å². The van der Waals surface area contributed by atoms with Gasteiger partial charge in [0.15, 0.2) is 0 Å². The third kappa shape index (κ3) is 3.50. The van der Waals surface area contributed by atoms with E-state index in [-0.39, 0.29) is 18.2 Å². The largest absolute Gasteiger partial charge is 0.388 e. The molecule has 1 saturated heterocycles. The van der Waals surface area contributed by atoms with Gasteiger partial charge in [-0.15, -0.1) is 11.3 Å². The van der Waals surface area contributed by atoms with Crippen molar-refractivity contribution in [1.82, 2.24) is 14.9 Å². The Morgan fingerprint density at radius 1 is 1.57 bits per heavy atom. The molecular weight excluding hydrogens is 334 g/mol. The molecule has 8 heteroatoms. The van der Waals surface area contributed by atoms with E-state index >= 15 is 0 Å². The first-order chi connectivity index (χ1) is 10.9. The van der Waals surface area contributed by atoms with E-state index in [0.29, 0.717) is 13.0 Å².